The van der Waals surface area contributed by atoms with Crippen LogP contribution in [0.25, 0.3) is 21.9 Å². The molecule has 2 aromatic carbocycles. The molecule has 3 nitrogen and oxygen atoms in total. The van der Waals surface area contributed by atoms with Gasteiger partial charge in [-0.15, -0.1) is 0 Å². The van der Waals surface area contributed by atoms with Crippen molar-refractivity contribution >= 4 is 39.2 Å². The highest BCUT2D eigenvalue weighted by molar-refractivity contribution is 6.31. The van der Waals surface area contributed by atoms with Gasteiger partial charge in [0.1, 0.15) is 5.58 Å². The fourth-order valence-electron chi connectivity index (χ4n) is 1.81. The second-order valence-electron chi connectivity index (χ2n) is 3.62. The lowest BCUT2D eigenvalue weighted by atomic mass is 10.1. The van der Waals surface area contributed by atoms with Crippen LogP contribution in [0.2, 0.25) is 5.02 Å². The zero-order valence-electron chi connectivity index (χ0n) is 8.20. The Morgan fingerprint density at radius 3 is 2.75 bits per heavy atom. The van der Waals surface area contributed by atoms with Gasteiger partial charge in [-0.05, 0) is 30.3 Å². The van der Waals surface area contributed by atoms with Gasteiger partial charge >= 0.3 is 0 Å². The molecule has 0 radical (unpaired) electrons. The maximum Gasteiger partial charge on any atom is 0.182 e. The van der Waals surface area contributed by atoms with Gasteiger partial charge in [-0.1, -0.05) is 11.6 Å². The number of benzene rings is 2. The van der Waals surface area contributed by atoms with Crippen LogP contribution < -0.4 is 5.73 Å². The van der Waals surface area contributed by atoms with Crippen molar-refractivity contribution in [3.8, 4) is 5.75 Å². The van der Waals surface area contributed by atoms with Gasteiger partial charge in [-0.3, -0.25) is 0 Å². The number of anilines is 1. The maximum absolute atomic E-state index is 9.78. The lowest BCUT2D eigenvalue weighted by Gasteiger charge is -1.97. The first-order valence-electron chi connectivity index (χ1n) is 4.76. The average molecular weight is 234 g/mol. The normalized spacial score (nSPS) is 11.3. The van der Waals surface area contributed by atoms with E-state index in [1.807, 2.05) is 6.07 Å². The number of hydrogen-bond donors (Lipinski definition) is 2. The van der Waals surface area contributed by atoms with Crippen molar-refractivity contribution in [1.29, 1.82) is 0 Å². The predicted molar refractivity (Wildman–Crippen MR) is 64.8 cm³/mol. The third-order valence-corrected chi connectivity index (χ3v) is 2.84. The molecular weight excluding hydrogens is 226 g/mol. The molecule has 3 N–H and O–H groups in total. The molecule has 0 fully saturated rings. The third kappa shape index (κ3) is 1.15. The standard InChI is InChI=1S/C12H8ClNO2/c13-6-1-4-10-8(5-6)7-2-3-9(14)11(15)12(7)16-10/h1-5,15H,14H2. The number of phenols is 1. The van der Waals surface area contributed by atoms with Gasteiger partial charge in [0.05, 0.1) is 5.69 Å². The van der Waals surface area contributed by atoms with Crippen molar-refractivity contribution in [3.05, 3.63) is 35.4 Å². The molecular formula is C12H8ClNO2. The first-order chi connectivity index (χ1) is 7.66. The van der Waals surface area contributed by atoms with Crippen molar-refractivity contribution in [2.24, 2.45) is 0 Å². The summed E-state index contributed by atoms with van der Waals surface area (Å²) in [6.45, 7) is 0. The smallest absolute Gasteiger partial charge is 0.182 e. The highest BCUT2D eigenvalue weighted by atomic mass is 35.5. The summed E-state index contributed by atoms with van der Waals surface area (Å²) in [5.74, 6) is -0.0233. The summed E-state index contributed by atoms with van der Waals surface area (Å²) in [5.41, 5.74) is 6.99. The van der Waals surface area contributed by atoms with Crippen LogP contribution in [0, 0.1) is 0 Å². The summed E-state index contributed by atoms with van der Waals surface area (Å²) in [7, 11) is 0. The third-order valence-electron chi connectivity index (χ3n) is 2.61. The minimum absolute atomic E-state index is 0.0233. The van der Waals surface area contributed by atoms with E-state index >= 15 is 0 Å². The van der Waals surface area contributed by atoms with Crippen molar-refractivity contribution < 1.29 is 9.52 Å². The first-order valence-corrected chi connectivity index (χ1v) is 5.14. The van der Waals surface area contributed by atoms with Gasteiger partial charge in [-0.25, -0.2) is 0 Å². The fraction of sp³-hybridized carbons (Fsp3) is 0. The summed E-state index contributed by atoms with van der Waals surface area (Å²) in [6.07, 6.45) is 0. The summed E-state index contributed by atoms with van der Waals surface area (Å²) >= 11 is 5.92. The molecule has 3 aromatic rings. The second-order valence-corrected chi connectivity index (χ2v) is 4.06. The van der Waals surface area contributed by atoms with Gasteiger partial charge in [0, 0.05) is 15.8 Å². The highest BCUT2D eigenvalue weighted by Gasteiger charge is 2.12. The van der Waals surface area contributed by atoms with Crippen LogP contribution >= 0.6 is 11.6 Å². The lowest BCUT2D eigenvalue weighted by Crippen LogP contribution is -1.84. The van der Waals surface area contributed by atoms with Gasteiger partial charge < -0.3 is 15.3 Å². The molecule has 1 heterocycles. The number of furan rings is 1. The van der Waals surface area contributed by atoms with E-state index in [1.165, 1.54) is 0 Å². The Morgan fingerprint density at radius 2 is 1.94 bits per heavy atom. The molecule has 0 aliphatic carbocycles. The maximum atomic E-state index is 9.78. The lowest BCUT2D eigenvalue weighted by molar-refractivity contribution is 0.471. The van der Waals surface area contributed by atoms with E-state index in [1.54, 1.807) is 24.3 Å². The molecule has 0 aliphatic rings. The van der Waals surface area contributed by atoms with Crippen molar-refractivity contribution in [2.75, 3.05) is 5.73 Å². The number of rotatable bonds is 0. The molecule has 4 heteroatoms. The number of hydrogen-bond acceptors (Lipinski definition) is 3. The minimum Gasteiger partial charge on any atom is -0.503 e. The number of nitrogen functional groups attached to an aromatic ring is 1. The summed E-state index contributed by atoms with van der Waals surface area (Å²) in [5, 5.41) is 12.1. The molecule has 0 spiro atoms. The Labute approximate surface area is 96.0 Å². The van der Waals surface area contributed by atoms with E-state index in [0.29, 0.717) is 21.9 Å². The number of nitrogens with two attached hydrogens (primary N) is 1. The zero-order valence-corrected chi connectivity index (χ0v) is 8.95. The Morgan fingerprint density at radius 1 is 1.12 bits per heavy atom. The molecule has 0 aliphatic heterocycles. The Kier molecular flexibility index (Phi) is 1.79. The van der Waals surface area contributed by atoms with E-state index in [9.17, 15) is 5.11 Å². The average Bonchev–Trinajstić information content (AvgIpc) is 2.62. The molecule has 16 heavy (non-hydrogen) atoms. The second kappa shape index (κ2) is 3.06. The molecule has 80 valence electrons. The topological polar surface area (TPSA) is 59.4 Å². The quantitative estimate of drug-likeness (QED) is 0.461. The Hall–Kier alpha value is -1.87. The van der Waals surface area contributed by atoms with Crippen LogP contribution in [0.1, 0.15) is 0 Å². The van der Waals surface area contributed by atoms with Gasteiger partial charge in [0.25, 0.3) is 0 Å². The van der Waals surface area contributed by atoms with Crippen molar-refractivity contribution in [3.63, 3.8) is 0 Å². The summed E-state index contributed by atoms with van der Waals surface area (Å²) in [4.78, 5) is 0. The fourth-order valence-corrected chi connectivity index (χ4v) is 1.99. The predicted octanol–water partition coefficient (Wildman–Crippen LogP) is 3.53. The molecule has 0 atom stereocenters. The van der Waals surface area contributed by atoms with Crippen LogP contribution in [0.5, 0.6) is 5.75 Å². The van der Waals surface area contributed by atoms with Crippen LogP contribution in [0.3, 0.4) is 0 Å². The number of fused-ring (bicyclic) bond motifs is 3. The zero-order chi connectivity index (χ0) is 11.3. The van der Waals surface area contributed by atoms with Gasteiger partial charge in [-0.2, -0.15) is 0 Å². The van der Waals surface area contributed by atoms with E-state index in [0.717, 1.165) is 10.8 Å². The van der Waals surface area contributed by atoms with E-state index < -0.39 is 0 Å². The van der Waals surface area contributed by atoms with Crippen molar-refractivity contribution in [2.45, 2.75) is 0 Å². The largest absolute Gasteiger partial charge is 0.503 e. The molecule has 0 saturated heterocycles. The van der Waals surface area contributed by atoms with Crippen molar-refractivity contribution in [1.82, 2.24) is 0 Å². The Bertz CT molecular complexity index is 703. The molecule has 0 amide bonds. The molecule has 3 rings (SSSR count). The van der Waals surface area contributed by atoms with E-state index in [-0.39, 0.29) is 5.75 Å². The molecule has 0 saturated carbocycles. The minimum atomic E-state index is -0.0233. The number of aromatic hydroxyl groups is 1. The van der Waals surface area contributed by atoms with Gasteiger partial charge in [0.2, 0.25) is 0 Å². The summed E-state index contributed by atoms with van der Waals surface area (Å²) < 4.78 is 5.53. The summed E-state index contributed by atoms with van der Waals surface area (Å²) in [6, 6.07) is 8.78. The molecule has 0 bridgehead atoms. The van der Waals surface area contributed by atoms with E-state index in [4.69, 9.17) is 21.8 Å². The van der Waals surface area contributed by atoms with Crippen LogP contribution in [-0.4, -0.2) is 5.11 Å². The van der Waals surface area contributed by atoms with E-state index in [2.05, 4.69) is 0 Å². The molecule has 1 aromatic heterocycles. The van der Waals surface area contributed by atoms with Gasteiger partial charge in [0.15, 0.2) is 11.3 Å². The highest BCUT2D eigenvalue weighted by Crippen LogP contribution is 2.38. The number of halogens is 1. The van der Waals surface area contributed by atoms with Crippen LogP contribution in [0.15, 0.2) is 34.7 Å². The van der Waals surface area contributed by atoms with Crippen LogP contribution in [-0.2, 0) is 0 Å². The SMILES string of the molecule is Nc1ccc2c(oc3ccc(Cl)cc32)c1O. The Balaban J connectivity index is 2.56. The molecule has 0 unspecified atom stereocenters. The first kappa shape index (κ1) is 9.36. The monoisotopic (exact) mass is 233 g/mol. The van der Waals surface area contributed by atoms with Crippen LogP contribution in [0.4, 0.5) is 5.69 Å². The number of phenolic OH excluding ortho intramolecular Hbond substituents is 1.